The van der Waals surface area contributed by atoms with Gasteiger partial charge in [-0.25, -0.2) is 0 Å². The average molecular weight is 437 g/mol. The molecule has 1 N–H and O–H groups in total. The highest BCUT2D eigenvalue weighted by Crippen LogP contribution is 2.12. The van der Waals surface area contributed by atoms with E-state index in [1.807, 2.05) is 13.0 Å². The predicted molar refractivity (Wildman–Crippen MR) is 91.2 cm³/mol. The fraction of sp³-hybridized carbons (Fsp3) is 0.467. The molecule has 0 aliphatic rings. The van der Waals surface area contributed by atoms with Gasteiger partial charge in [0.2, 0.25) is 0 Å². The van der Waals surface area contributed by atoms with Crippen LogP contribution in [0.5, 0.6) is 0 Å². The molecule has 0 aliphatic heterocycles. The second-order valence-electron chi connectivity index (χ2n) is 4.45. The minimum Gasteiger partial charge on any atom is -0.353 e. The third-order valence-electron chi connectivity index (χ3n) is 2.76. The first-order valence-electron chi connectivity index (χ1n) is 6.87. The maximum atomic E-state index is 12.0. The van der Waals surface area contributed by atoms with Crippen molar-refractivity contribution in [2.24, 2.45) is 0 Å². The van der Waals surface area contributed by atoms with Crippen molar-refractivity contribution in [3.05, 3.63) is 34.3 Å². The van der Waals surface area contributed by atoms with Crippen LogP contribution < -0.4 is 5.32 Å². The highest BCUT2D eigenvalue weighted by atomic mass is 79.9. The number of benzene rings is 1. The summed E-state index contributed by atoms with van der Waals surface area (Å²) in [7, 11) is 0. The molecule has 22 heavy (non-hydrogen) atoms. The first kappa shape index (κ1) is 19.3. The molecule has 0 aromatic heterocycles. The van der Waals surface area contributed by atoms with Gasteiger partial charge in [-0.1, -0.05) is 44.0 Å². The molecule has 1 aromatic rings. The third kappa shape index (κ3) is 6.56. The fourth-order valence-corrected chi connectivity index (χ4v) is 2.56. The van der Waals surface area contributed by atoms with Crippen LogP contribution in [-0.4, -0.2) is 42.6 Å². The van der Waals surface area contributed by atoms with Crippen LogP contribution in [0.4, 0.5) is 0 Å². The van der Waals surface area contributed by atoms with Gasteiger partial charge in [-0.3, -0.25) is 9.59 Å². The van der Waals surface area contributed by atoms with Gasteiger partial charge in [-0.2, -0.15) is 0 Å². The highest BCUT2D eigenvalue weighted by Gasteiger charge is 2.21. The molecule has 5 nitrogen and oxygen atoms in total. The van der Waals surface area contributed by atoms with E-state index in [2.05, 4.69) is 37.2 Å². The number of ether oxygens (including phenoxy) is 2. The van der Waals surface area contributed by atoms with Crippen LogP contribution in [-0.2, 0) is 14.3 Å². The van der Waals surface area contributed by atoms with E-state index < -0.39 is 12.4 Å². The number of ketones is 1. The number of nitrogens with one attached hydrogen (secondary N) is 1. The number of rotatable bonds is 9. The summed E-state index contributed by atoms with van der Waals surface area (Å²) in [4.78, 5) is 24.1. The lowest BCUT2D eigenvalue weighted by molar-refractivity contribution is -0.166. The van der Waals surface area contributed by atoms with Gasteiger partial charge in [0.15, 0.2) is 12.1 Å². The number of halogens is 2. The van der Waals surface area contributed by atoms with Gasteiger partial charge in [0.05, 0.1) is 6.54 Å². The van der Waals surface area contributed by atoms with Gasteiger partial charge in [0.1, 0.15) is 6.10 Å². The summed E-state index contributed by atoms with van der Waals surface area (Å²) in [5.41, 5.74) is 0.536. The number of hydrogen-bond donors (Lipinski definition) is 1. The van der Waals surface area contributed by atoms with E-state index in [1.165, 1.54) is 0 Å². The van der Waals surface area contributed by atoms with Crippen molar-refractivity contribution in [3.63, 3.8) is 0 Å². The van der Waals surface area contributed by atoms with Crippen LogP contribution in [0.1, 0.15) is 24.2 Å². The van der Waals surface area contributed by atoms with E-state index in [0.29, 0.717) is 17.5 Å². The van der Waals surface area contributed by atoms with Crippen LogP contribution in [0.3, 0.4) is 0 Å². The molecule has 7 heteroatoms. The molecule has 0 aliphatic carbocycles. The minimum absolute atomic E-state index is 0.0782. The van der Waals surface area contributed by atoms with E-state index in [0.717, 1.165) is 4.47 Å². The summed E-state index contributed by atoms with van der Waals surface area (Å²) in [5.74, 6) is -0.521. The van der Waals surface area contributed by atoms with Gasteiger partial charge in [0.25, 0.3) is 5.91 Å². The van der Waals surface area contributed by atoms with Crippen LogP contribution >= 0.6 is 31.9 Å². The molecule has 1 rings (SSSR count). The summed E-state index contributed by atoms with van der Waals surface area (Å²) in [6, 6.07) is 7.02. The van der Waals surface area contributed by atoms with Gasteiger partial charge in [-0.15, -0.1) is 0 Å². The maximum Gasteiger partial charge on any atom is 0.250 e. The van der Waals surface area contributed by atoms with Gasteiger partial charge in [0, 0.05) is 22.0 Å². The molecule has 122 valence electrons. The molecule has 0 saturated heterocycles. The topological polar surface area (TPSA) is 64.6 Å². The Bertz CT molecular complexity index is 510. The lowest BCUT2D eigenvalue weighted by atomic mass is 10.1. The number of carbonyl (C=O) groups is 2. The van der Waals surface area contributed by atoms with Crippen molar-refractivity contribution in [2.75, 3.05) is 18.5 Å². The second-order valence-corrected chi connectivity index (χ2v) is 6.02. The molecule has 1 unspecified atom stereocenters. The van der Waals surface area contributed by atoms with Crippen LogP contribution in [0.25, 0.3) is 0 Å². The average Bonchev–Trinajstić information content (AvgIpc) is 2.50. The molecule has 2 atom stereocenters. The lowest BCUT2D eigenvalue weighted by Gasteiger charge is -2.20. The molecule has 1 aromatic carbocycles. The summed E-state index contributed by atoms with van der Waals surface area (Å²) in [5, 5.41) is 2.91. The maximum absolute atomic E-state index is 12.0. The lowest BCUT2D eigenvalue weighted by Crippen LogP contribution is -2.41. The van der Waals surface area contributed by atoms with Crippen molar-refractivity contribution in [2.45, 2.75) is 26.2 Å². The van der Waals surface area contributed by atoms with Crippen molar-refractivity contribution in [1.82, 2.24) is 5.32 Å². The summed E-state index contributed by atoms with van der Waals surface area (Å²) < 4.78 is 11.5. The standard InChI is InChI=1S/C15H19Br2NO4/c1-3-21-10(2)22-14(8-16)15(20)18-9-13(19)11-5-4-6-12(17)7-11/h4-7,10,14H,3,8-9H2,1-2H3,(H,18,20)/t10?,14-/m0/s1. The van der Waals surface area contributed by atoms with E-state index in [4.69, 9.17) is 9.47 Å². The molecule has 0 radical (unpaired) electrons. The molecule has 0 spiro atoms. The fourth-order valence-electron chi connectivity index (χ4n) is 1.72. The number of alkyl halides is 1. The van der Waals surface area contributed by atoms with Gasteiger partial charge >= 0.3 is 0 Å². The second kappa shape index (κ2) is 10.1. The third-order valence-corrected chi connectivity index (χ3v) is 3.84. The zero-order valence-corrected chi connectivity index (χ0v) is 15.6. The SMILES string of the molecule is CCOC(C)O[C@@H](CBr)C(=O)NCC(=O)c1cccc(Br)c1. The van der Waals surface area contributed by atoms with Crippen molar-refractivity contribution in [3.8, 4) is 0 Å². The van der Waals surface area contributed by atoms with E-state index in [1.54, 1.807) is 25.1 Å². The first-order chi connectivity index (χ1) is 10.5. The van der Waals surface area contributed by atoms with E-state index >= 15 is 0 Å². The highest BCUT2D eigenvalue weighted by molar-refractivity contribution is 9.10. The van der Waals surface area contributed by atoms with E-state index in [-0.39, 0.29) is 18.2 Å². The smallest absolute Gasteiger partial charge is 0.250 e. The number of carbonyl (C=O) groups excluding carboxylic acids is 2. The Morgan fingerprint density at radius 2 is 2.09 bits per heavy atom. The quantitative estimate of drug-likeness (QED) is 0.367. The van der Waals surface area contributed by atoms with Crippen LogP contribution in [0.2, 0.25) is 0 Å². The molecule has 1 amide bonds. The summed E-state index contributed by atoms with van der Waals surface area (Å²) in [6.45, 7) is 3.99. The number of hydrogen-bond acceptors (Lipinski definition) is 4. The molecular weight excluding hydrogens is 418 g/mol. The Morgan fingerprint density at radius 1 is 1.36 bits per heavy atom. The van der Waals surface area contributed by atoms with Crippen molar-refractivity contribution >= 4 is 43.6 Å². The van der Waals surface area contributed by atoms with Gasteiger partial charge in [-0.05, 0) is 26.0 Å². The molecule has 0 heterocycles. The number of amides is 1. The Kier molecular flexibility index (Phi) is 8.85. The van der Waals surface area contributed by atoms with E-state index in [9.17, 15) is 9.59 Å². The Hall–Kier alpha value is -0.760. The first-order valence-corrected chi connectivity index (χ1v) is 8.78. The Balaban J connectivity index is 2.51. The normalized spacial score (nSPS) is 13.5. The van der Waals surface area contributed by atoms with Crippen LogP contribution in [0, 0.1) is 0 Å². The monoisotopic (exact) mass is 435 g/mol. The zero-order valence-electron chi connectivity index (χ0n) is 12.5. The molecule has 0 fully saturated rings. The minimum atomic E-state index is -0.711. The Labute approximate surface area is 147 Å². The predicted octanol–water partition coefficient (Wildman–Crippen LogP) is 2.91. The summed E-state index contributed by atoms with van der Waals surface area (Å²) >= 11 is 6.53. The molecule has 0 bridgehead atoms. The summed E-state index contributed by atoms with van der Waals surface area (Å²) in [6.07, 6.45) is -1.20. The van der Waals surface area contributed by atoms with Crippen molar-refractivity contribution < 1.29 is 19.1 Å². The van der Waals surface area contributed by atoms with Crippen molar-refractivity contribution in [1.29, 1.82) is 0 Å². The number of Topliss-reactive ketones (excluding diaryl/α,β-unsaturated/α-hetero) is 1. The Morgan fingerprint density at radius 3 is 2.68 bits per heavy atom. The zero-order chi connectivity index (χ0) is 16.5. The van der Waals surface area contributed by atoms with Gasteiger partial charge < -0.3 is 14.8 Å². The molecule has 0 saturated carbocycles. The largest absolute Gasteiger partial charge is 0.353 e. The van der Waals surface area contributed by atoms with Crippen LogP contribution in [0.15, 0.2) is 28.7 Å². The molecular formula is C15H19Br2NO4.